The molecule has 3 heterocycles. The van der Waals surface area contributed by atoms with E-state index >= 15 is 0 Å². The number of halogens is 5. The Hall–Kier alpha value is -2.47. The van der Waals surface area contributed by atoms with Gasteiger partial charge in [-0.15, -0.1) is 0 Å². The molecule has 2 aromatic rings. The third-order valence-corrected chi connectivity index (χ3v) is 7.64. The number of carbonyl (C=O) groups is 1. The van der Waals surface area contributed by atoms with Crippen molar-refractivity contribution in [3.63, 3.8) is 0 Å². The van der Waals surface area contributed by atoms with Crippen LogP contribution in [0.2, 0.25) is 0 Å². The lowest BCUT2D eigenvalue weighted by molar-refractivity contribution is -0.151. The molecule has 192 valence electrons. The van der Waals surface area contributed by atoms with E-state index in [1.807, 2.05) is 0 Å². The summed E-state index contributed by atoms with van der Waals surface area (Å²) in [4.78, 5) is 18.4. The number of aromatic nitrogens is 1. The van der Waals surface area contributed by atoms with Gasteiger partial charge in [0.15, 0.2) is 5.58 Å². The second kappa shape index (κ2) is 8.58. The number of nitrogens with zero attached hydrogens (tertiary/aromatic N) is 2. The summed E-state index contributed by atoms with van der Waals surface area (Å²) in [5, 5.41) is 2.05. The Morgan fingerprint density at radius 1 is 1.14 bits per heavy atom. The molecule has 2 saturated heterocycles. The van der Waals surface area contributed by atoms with Crippen LogP contribution < -0.4 is 11.1 Å². The van der Waals surface area contributed by atoms with Gasteiger partial charge in [0.1, 0.15) is 11.6 Å². The Balaban J connectivity index is 1.44. The molecule has 35 heavy (non-hydrogen) atoms. The maximum absolute atomic E-state index is 13.5. The summed E-state index contributed by atoms with van der Waals surface area (Å²) in [6.45, 7) is 0.0845. The van der Waals surface area contributed by atoms with E-state index in [9.17, 15) is 26.7 Å². The fourth-order valence-electron chi connectivity index (χ4n) is 5.52. The zero-order valence-electron chi connectivity index (χ0n) is 18.9. The fourth-order valence-corrected chi connectivity index (χ4v) is 5.52. The zero-order chi connectivity index (χ0) is 25.0. The van der Waals surface area contributed by atoms with Gasteiger partial charge in [-0.1, -0.05) is 6.07 Å². The van der Waals surface area contributed by atoms with Gasteiger partial charge in [0.05, 0.1) is 18.1 Å². The first-order valence-electron chi connectivity index (χ1n) is 11.8. The van der Waals surface area contributed by atoms with Crippen LogP contribution in [0.3, 0.4) is 0 Å². The van der Waals surface area contributed by atoms with Gasteiger partial charge in [0, 0.05) is 26.1 Å². The minimum atomic E-state index is -4.55. The second-order valence-corrected chi connectivity index (χ2v) is 9.75. The van der Waals surface area contributed by atoms with E-state index in [1.165, 1.54) is 4.90 Å². The second-order valence-electron chi connectivity index (χ2n) is 9.75. The molecule has 1 aromatic heterocycles. The molecule has 12 heteroatoms. The van der Waals surface area contributed by atoms with Crippen LogP contribution in [-0.2, 0) is 10.3 Å². The number of fused-ring (bicyclic) bond motifs is 1. The van der Waals surface area contributed by atoms with E-state index in [0.717, 1.165) is 0 Å². The minimum Gasteiger partial charge on any atom is -0.439 e. The summed E-state index contributed by atoms with van der Waals surface area (Å²) in [5.41, 5.74) is 6.84. The normalized spacial score (nSPS) is 26.2. The third-order valence-electron chi connectivity index (χ3n) is 7.64. The van der Waals surface area contributed by atoms with Gasteiger partial charge in [0.2, 0.25) is 11.8 Å². The highest BCUT2D eigenvalue weighted by atomic mass is 19.4. The molecule has 1 aromatic carbocycles. The zero-order valence-corrected chi connectivity index (χ0v) is 18.9. The van der Waals surface area contributed by atoms with E-state index in [0.29, 0.717) is 42.7 Å². The van der Waals surface area contributed by atoms with Crippen LogP contribution in [-0.4, -0.2) is 53.8 Å². The van der Waals surface area contributed by atoms with Crippen LogP contribution in [0, 0.1) is 5.92 Å². The third kappa shape index (κ3) is 4.46. The van der Waals surface area contributed by atoms with Crippen LogP contribution in [0.15, 0.2) is 22.6 Å². The van der Waals surface area contributed by atoms with E-state index in [-0.39, 0.29) is 37.5 Å². The van der Waals surface area contributed by atoms with Crippen molar-refractivity contribution in [2.24, 2.45) is 11.7 Å². The molecule has 0 bridgehead atoms. The number of hydrogen-bond donors (Lipinski definition) is 2. The first kappa shape index (κ1) is 24.2. The number of urea groups is 1. The van der Waals surface area contributed by atoms with Crippen molar-refractivity contribution in [3.8, 4) is 0 Å². The molecule has 0 spiro atoms. The van der Waals surface area contributed by atoms with E-state index in [2.05, 4.69) is 10.3 Å². The molecule has 3 aliphatic rings. The number of nitrogens with two attached hydrogens (primary N) is 1. The lowest BCUT2D eigenvalue weighted by Gasteiger charge is -2.44. The summed E-state index contributed by atoms with van der Waals surface area (Å²) < 4.78 is 78.4. The molecule has 7 nitrogen and oxygen atoms in total. The van der Waals surface area contributed by atoms with Gasteiger partial charge in [0.25, 0.3) is 0 Å². The first-order chi connectivity index (χ1) is 16.5. The lowest BCUT2D eigenvalue weighted by atomic mass is 9.81. The van der Waals surface area contributed by atoms with Crippen LogP contribution in [0.1, 0.15) is 56.0 Å². The van der Waals surface area contributed by atoms with Crippen molar-refractivity contribution >= 4 is 17.1 Å². The summed E-state index contributed by atoms with van der Waals surface area (Å²) in [5.74, 6) is -2.61. The molecule has 2 atom stereocenters. The quantitative estimate of drug-likeness (QED) is 0.596. The smallest absolute Gasteiger partial charge is 0.410 e. The molecule has 5 rings (SSSR count). The number of amides is 2. The number of oxazole rings is 1. The maximum atomic E-state index is 13.5. The van der Waals surface area contributed by atoms with E-state index < -0.39 is 42.3 Å². The number of alkyl halides is 5. The highest BCUT2D eigenvalue weighted by molar-refractivity contribution is 5.79. The number of benzene rings is 1. The van der Waals surface area contributed by atoms with Crippen molar-refractivity contribution < 1.29 is 35.9 Å². The van der Waals surface area contributed by atoms with Gasteiger partial charge in [-0.2, -0.15) is 13.2 Å². The largest absolute Gasteiger partial charge is 0.439 e. The average Bonchev–Trinajstić information content (AvgIpc) is 3.42. The predicted octanol–water partition coefficient (Wildman–Crippen LogP) is 4.61. The summed E-state index contributed by atoms with van der Waals surface area (Å²) in [7, 11) is 0. The Bertz CT molecular complexity index is 1090. The summed E-state index contributed by atoms with van der Waals surface area (Å²) in [6, 6.07) is 1.74. The van der Waals surface area contributed by atoms with Crippen molar-refractivity contribution in [1.29, 1.82) is 0 Å². The summed E-state index contributed by atoms with van der Waals surface area (Å²) >= 11 is 0. The van der Waals surface area contributed by atoms with Crippen LogP contribution >= 0.6 is 0 Å². The molecule has 0 radical (unpaired) electrons. The minimum absolute atomic E-state index is 0.184. The Labute approximate surface area is 198 Å². The Morgan fingerprint density at radius 2 is 1.83 bits per heavy atom. The number of carbonyl (C=O) groups excluding carboxylic acids is 1. The molecule has 2 amide bonds. The lowest BCUT2D eigenvalue weighted by Crippen LogP contribution is -2.51. The Kier molecular flexibility index (Phi) is 5.94. The molecule has 1 saturated carbocycles. The molecule has 0 unspecified atom stereocenters. The SMILES string of the molecule is N[C@H](c1nc2cc(C3(N4C[C@@H](C(F)(F)F)NC4=O)CCOCC3)ccc2o1)C1CCC(F)(F)CC1. The first-order valence-corrected chi connectivity index (χ1v) is 11.8. The highest BCUT2D eigenvalue weighted by Gasteiger charge is 2.53. The number of hydrogen-bond acceptors (Lipinski definition) is 5. The van der Waals surface area contributed by atoms with Gasteiger partial charge >= 0.3 is 12.2 Å². The van der Waals surface area contributed by atoms with Crippen molar-refractivity contribution in [2.45, 2.75) is 68.2 Å². The number of nitrogens with one attached hydrogen (secondary N) is 1. The van der Waals surface area contributed by atoms with Crippen molar-refractivity contribution in [1.82, 2.24) is 15.2 Å². The standard InChI is InChI=1S/C23H27F5N4O3/c24-22(25)5-3-13(4-6-22)18(29)19-30-15-11-14(1-2-16(15)35-19)21(7-9-34-10-8-21)32-12-17(23(26,27)28)31-20(32)33/h1-2,11,13,17-18H,3-10,12,29H2,(H,31,33)/t17-,18-/m0/s1. The molecule has 3 N–H and O–H groups in total. The predicted molar refractivity (Wildman–Crippen MR) is 115 cm³/mol. The summed E-state index contributed by atoms with van der Waals surface area (Å²) in [6.07, 6.45) is -3.80. The van der Waals surface area contributed by atoms with Crippen LogP contribution in [0.5, 0.6) is 0 Å². The average molecular weight is 502 g/mol. The molecular weight excluding hydrogens is 475 g/mol. The van der Waals surface area contributed by atoms with Crippen molar-refractivity contribution in [3.05, 3.63) is 29.7 Å². The highest BCUT2D eigenvalue weighted by Crippen LogP contribution is 2.43. The van der Waals surface area contributed by atoms with Crippen LogP contribution in [0.25, 0.3) is 11.1 Å². The van der Waals surface area contributed by atoms with E-state index in [4.69, 9.17) is 14.9 Å². The molecule has 2 aliphatic heterocycles. The monoisotopic (exact) mass is 502 g/mol. The van der Waals surface area contributed by atoms with Gasteiger partial charge in [-0.05, 0) is 49.3 Å². The molecule has 1 aliphatic carbocycles. The van der Waals surface area contributed by atoms with Crippen LogP contribution in [0.4, 0.5) is 26.7 Å². The number of rotatable bonds is 4. The van der Waals surface area contributed by atoms with Crippen molar-refractivity contribution in [2.75, 3.05) is 19.8 Å². The van der Waals surface area contributed by atoms with Gasteiger partial charge in [-0.25, -0.2) is 18.6 Å². The van der Waals surface area contributed by atoms with Gasteiger partial charge in [-0.3, -0.25) is 0 Å². The fraction of sp³-hybridized carbons (Fsp3) is 0.652. The number of ether oxygens (including phenoxy) is 1. The van der Waals surface area contributed by atoms with Gasteiger partial charge < -0.3 is 25.1 Å². The molecular formula is C23H27F5N4O3. The van der Waals surface area contributed by atoms with E-state index in [1.54, 1.807) is 18.2 Å². The maximum Gasteiger partial charge on any atom is 0.410 e. The molecule has 3 fully saturated rings. The topological polar surface area (TPSA) is 93.6 Å². The Morgan fingerprint density at radius 3 is 2.46 bits per heavy atom.